The fraction of sp³-hybridized carbons (Fsp3) is 0.750. The first-order chi connectivity index (χ1) is 9.41. The maximum absolute atomic E-state index is 12.6. The third-order valence-electron chi connectivity index (χ3n) is 3.84. The monoisotopic (exact) mass is 301 g/mol. The molecule has 3 N–H and O–H groups in total. The molecule has 8 heteroatoms. The van der Waals surface area contributed by atoms with Crippen LogP contribution in [0.25, 0.3) is 0 Å². The van der Waals surface area contributed by atoms with Crippen LogP contribution in [-0.4, -0.2) is 63.1 Å². The molecule has 0 bridgehead atoms. The third kappa shape index (κ3) is 2.84. The first-order valence-corrected chi connectivity index (χ1v) is 7.67. The van der Waals surface area contributed by atoms with Crippen LogP contribution < -0.4 is 5.73 Å². The molecule has 0 saturated carbocycles. The molecule has 7 nitrogen and oxygen atoms in total. The third-order valence-corrected chi connectivity index (χ3v) is 5.06. The fourth-order valence-corrected chi connectivity index (χ4v) is 3.93. The number of primary amides is 1. The SMILES string of the molecule is CC1SCC(C(=O)O)N1C(=O)C1CCCN(C(N)=O)C1. The van der Waals surface area contributed by atoms with Crippen LogP contribution in [0.1, 0.15) is 19.8 Å². The van der Waals surface area contributed by atoms with Gasteiger partial charge in [-0.05, 0) is 19.8 Å². The summed E-state index contributed by atoms with van der Waals surface area (Å²) in [5, 5.41) is 9.05. The van der Waals surface area contributed by atoms with Gasteiger partial charge in [0.25, 0.3) is 0 Å². The number of rotatable bonds is 2. The molecule has 3 atom stereocenters. The predicted octanol–water partition coefficient (Wildman–Crippen LogP) is 0.152. The van der Waals surface area contributed by atoms with E-state index in [4.69, 9.17) is 5.73 Å². The van der Waals surface area contributed by atoms with E-state index in [9.17, 15) is 19.5 Å². The molecule has 0 spiro atoms. The van der Waals surface area contributed by atoms with Crippen LogP contribution in [0.2, 0.25) is 0 Å². The number of amides is 3. The van der Waals surface area contributed by atoms with Crippen LogP contribution in [0, 0.1) is 5.92 Å². The van der Waals surface area contributed by atoms with Gasteiger partial charge in [0, 0.05) is 18.8 Å². The molecule has 3 unspecified atom stereocenters. The number of carbonyl (C=O) groups excluding carboxylic acids is 2. The quantitative estimate of drug-likeness (QED) is 0.755. The van der Waals surface area contributed by atoms with Crippen molar-refractivity contribution in [2.24, 2.45) is 11.7 Å². The van der Waals surface area contributed by atoms with Crippen LogP contribution in [0.5, 0.6) is 0 Å². The van der Waals surface area contributed by atoms with Crippen LogP contribution in [0.3, 0.4) is 0 Å². The van der Waals surface area contributed by atoms with Crippen molar-refractivity contribution in [1.82, 2.24) is 9.80 Å². The lowest BCUT2D eigenvalue weighted by Crippen LogP contribution is -2.52. The highest BCUT2D eigenvalue weighted by Crippen LogP contribution is 2.32. The minimum Gasteiger partial charge on any atom is -0.480 e. The zero-order chi connectivity index (χ0) is 14.9. The molecular formula is C12H19N3O4S. The Kier molecular flexibility index (Phi) is 4.42. The van der Waals surface area contributed by atoms with Crippen LogP contribution in [0.4, 0.5) is 4.79 Å². The van der Waals surface area contributed by atoms with Crippen molar-refractivity contribution >= 4 is 29.7 Å². The largest absolute Gasteiger partial charge is 0.480 e. The van der Waals surface area contributed by atoms with Gasteiger partial charge < -0.3 is 20.6 Å². The molecule has 2 heterocycles. The average Bonchev–Trinajstić information content (AvgIpc) is 2.80. The molecule has 2 fully saturated rings. The second-order valence-corrected chi connectivity index (χ2v) is 6.50. The summed E-state index contributed by atoms with van der Waals surface area (Å²) in [7, 11) is 0. The van der Waals surface area contributed by atoms with Crippen molar-refractivity contribution in [3.05, 3.63) is 0 Å². The van der Waals surface area contributed by atoms with Crippen molar-refractivity contribution in [3.8, 4) is 0 Å². The zero-order valence-electron chi connectivity index (χ0n) is 11.3. The molecule has 2 aliphatic rings. The molecular weight excluding hydrogens is 282 g/mol. The van der Waals surface area contributed by atoms with Gasteiger partial charge in [-0.15, -0.1) is 11.8 Å². The van der Waals surface area contributed by atoms with E-state index in [1.807, 2.05) is 6.92 Å². The molecule has 2 rings (SSSR count). The Bertz CT molecular complexity index is 431. The number of likely N-dealkylation sites (tertiary alicyclic amines) is 1. The maximum Gasteiger partial charge on any atom is 0.327 e. The summed E-state index contributed by atoms with van der Waals surface area (Å²) in [6.45, 7) is 2.68. The van der Waals surface area contributed by atoms with Gasteiger partial charge in [0.15, 0.2) is 0 Å². The van der Waals surface area contributed by atoms with E-state index >= 15 is 0 Å². The number of nitrogens with two attached hydrogens (primary N) is 1. The van der Waals surface area contributed by atoms with Crippen molar-refractivity contribution in [1.29, 1.82) is 0 Å². The predicted molar refractivity (Wildman–Crippen MR) is 74.1 cm³/mol. The standard InChI is InChI=1S/C12H19N3O4S/c1-7-15(9(6-20-7)11(17)18)10(16)8-3-2-4-14(5-8)12(13)19/h7-9H,2-6H2,1H3,(H2,13,19)(H,17,18). The molecule has 2 aliphatic heterocycles. The lowest BCUT2D eigenvalue weighted by atomic mass is 9.96. The fourth-order valence-electron chi connectivity index (χ4n) is 2.76. The summed E-state index contributed by atoms with van der Waals surface area (Å²) in [6, 6.07) is -1.30. The number of thioether (sulfide) groups is 1. The molecule has 20 heavy (non-hydrogen) atoms. The lowest BCUT2D eigenvalue weighted by molar-refractivity contribution is -0.151. The van der Waals surface area contributed by atoms with E-state index in [1.54, 1.807) is 0 Å². The Labute approximate surface area is 121 Å². The first kappa shape index (κ1) is 15.0. The van der Waals surface area contributed by atoms with Gasteiger partial charge >= 0.3 is 12.0 Å². The first-order valence-electron chi connectivity index (χ1n) is 6.62. The molecule has 0 aromatic carbocycles. The highest BCUT2D eigenvalue weighted by atomic mass is 32.2. The van der Waals surface area contributed by atoms with Crippen molar-refractivity contribution in [2.75, 3.05) is 18.8 Å². The van der Waals surface area contributed by atoms with Gasteiger partial charge in [0.1, 0.15) is 6.04 Å². The minimum absolute atomic E-state index is 0.146. The number of nitrogens with zero attached hydrogens (tertiary/aromatic N) is 2. The highest BCUT2D eigenvalue weighted by Gasteiger charge is 2.42. The number of carbonyl (C=O) groups is 3. The summed E-state index contributed by atoms with van der Waals surface area (Å²) in [5.74, 6) is -1.09. The summed E-state index contributed by atoms with van der Waals surface area (Å²) < 4.78 is 0. The van der Waals surface area contributed by atoms with E-state index in [1.165, 1.54) is 21.6 Å². The van der Waals surface area contributed by atoms with Gasteiger partial charge in [0.2, 0.25) is 5.91 Å². The van der Waals surface area contributed by atoms with Gasteiger partial charge in [-0.1, -0.05) is 0 Å². The number of carboxylic acid groups (broad SMARTS) is 1. The molecule has 2 saturated heterocycles. The van der Waals surface area contributed by atoms with Gasteiger partial charge in [-0.3, -0.25) is 4.79 Å². The maximum atomic E-state index is 12.6. The Morgan fingerprint density at radius 2 is 2.05 bits per heavy atom. The summed E-state index contributed by atoms with van der Waals surface area (Å²) in [6.07, 6.45) is 1.38. The number of urea groups is 1. The van der Waals surface area contributed by atoms with Crippen LogP contribution in [0.15, 0.2) is 0 Å². The van der Waals surface area contributed by atoms with Crippen LogP contribution in [-0.2, 0) is 9.59 Å². The number of carboxylic acids is 1. The van der Waals surface area contributed by atoms with Crippen molar-refractivity contribution in [2.45, 2.75) is 31.2 Å². The van der Waals surface area contributed by atoms with E-state index in [2.05, 4.69) is 0 Å². The van der Waals surface area contributed by atoms with Gasteiger partial charge in [0.05, 0.1) is 11.3 Å². The Morgan fingerprint density at radius 3 is 2.65 bits per heavy atom. The molecule has 112 valence electrons. The van der Waals surface area contributed by atoms with Crippen molar-refractivity contribution in [3.63, 3.8) is 0 Å². The van der Waals surface area contributed by atoms with E-state index in [0.29, 0.717) is 25.1 Å². The van der Waals surface area contributed by atoms with E-state index < -0.39 is 18.0 Å². The summed E-state index contributed by atoms with van der Waals surface area (Å²) in [5.41, 5.74) is 5.25. The average molecular weight is 301 g/mol. The molecule has 0 aromatic heterocycles. The van der Waals surface area contributed by atoms with Crippen LogP contribution >= 0.6 is 11.8 Å². The highest BCUT2D eigenvalue weighted by molar-refractivity contribution is 8.00. The molecule has 0 aliphatic carbocycles. The number of hydrogen-bond donors (Lipinski definition) is 2. The molecule has 0 aromatic rings. The Morgan fingerprint density at radius 1 is 1.35 bits per heavy atom. The molecule has 3 amide bonds. The number of aliphatic carboxylic acids is 1. The zero-order valence-corrected chi connectivity index (χ0v) is 12.1. The molecule has 0 radical (unpaired) electrons. The second-order valence-electron chi connectivity index (χ2n) is 5.16. The van der Waals surface area contributed by atoms with Gasteiger partial charge in [-0.25, -0.2) is 9.59 Å². The smallest absolute Gasteiger partial charge is 0.327 e. The topological polar surface area (TPSA) is 104 Å². The van der Waals surface area contributed by atoms with E-state index in [0.717, 1.165) is 0 Å². The lowest BCUT2D eigenvalue weighted by Gasteiger charge is -2.35. The number of hydrogen-bond acceptors (Lipinski definition) is 4. The Balaban J connectivity index is 2.09. The summed E-state index contributed by atoms with van der Waals surface area (Å²) in [4.78, 5) is 37.9. The Hall–Kier alpha value is -1.44. The number of piperidine rings is 1. The van der Waals surface area contributed by atoms with E-state index in [-0.39, 0.29) is 23.7 Å². The van der Waals surface area contributed by atoms with Gasteiger partial charge in [-0.2, -0.15) is 0 Å². The normalized spacial score (nSPS) is 30.4. The van der Waals surface area contributed by atoms with Crippen molar-refractivity contribution < 1.29 is 19.5 Å². The second kappa shape index (κ2) is 5.90. The minimum atomic E-state index is -0.974. The summed E-state index contributed by atoms with van der Waals surface area (Å²) >= 11 is 1.46.